The summed E-state index contributed by atoms with van der Waals surface area (Å²) in [4.78, 5) is 0. The van der Waals surface area contributed by atoms with Crippen LogP contribution >= 0.6 is 0 Å². The van der Waals surface area contributed by atoms with Gasteiger partial charge in [-0.15, -0.1) is 0 Å². The highest BCUT2D eigenvalue weighted by molar-refractivity contribution is 4.41. The third kappa shape index (κ3) is 17.8. The summed E-state index contributed by atoms with van der Waals surface area (Å²) in [5, 5.41) is 8.33. The molecule has 0 saturated heterocycles. The number of aliphatic hydroxyl groups is 1. The maximum atomic E-state index is 8.33. The van der Waals surface area contributed by atoms with Crippen LogP contribution in [0, 0.1) is 11.8 Å². The van der Waals surface area contributed by atoms with Crippen LogP contribution in [0.1, 0.15) is 47.5 Å². The molecule has 0 aromatic carbocycles. The standard InChI is InChI=1S/C5H12O.C5H12/c1-3-5(2)4-6;1-4-5(2)3/h5-6H,3-4H2,1-2H3;5H,4H2,1-3H3. The Morgan fingerprint density at radius 2 is 1.36 bits per heavy atom. The van der Waals surface area contributed by atoms with Crippen molar-refractivity contribution in [1.82, 2.24) is 0 Å². The fourth-order valence-electron chi connectivity index (χ4n) is 0.129. The second kappa shape index (κ2) is 9.96. The molecule has 70 valence electrons. The Kier molecular flexibility index (Phi) is 12.3. The molecule has 1 nitrogen and oxygen atoms in total. The van der Waals surface area contributed by atoms with Crippen LogP contribution in [0.15, 0.2) is 0 Å². The van der Waals surface area contributed by atoms with E-state index in [1.807, 2.05) is 6.92 Å². The van der Waals surface area contributed by atoms with Crippen molar-refractivity contribution in [2.24, 2.45) is 11.8 Å². The minimum absolute atomic E-state index is 0.330. The normalized spacial score (nSPS) is 12.3. The van der Waals surface area contributed by atoms with E-state index in [1.165, 1.54) is 6.42 Å². The fraction of sp³-hybridized carbons (Fsp3) is 1.00. The fourth-order valence-corrected chi connectivity index (χ4v) is 0.129. The van der Waals surface area contributed by atoms with Crippen LogP contribution in [0.3, 0.4) is 0 Å². The molecule has 0 heterocycles. The molecule has 0 aromatic heterocycles. The monoisotopic (exact) mass is 160 g/mol. The van der Waals surface area contributed by atoms with Crippen molar-refractivity contribution in [2.75, 3.05) is 6.61 Å². The molecular formula is C10H24O. The van der Waals surface area contributed by atoms with E-state index in [1.54, 1.807) is 0 Å². The van der Waals surface area contributed by atoms with Gasteiger partial charge < -0.3 is 5.11 Å². The van der Waals surface area contributed by atoms with Crippen LogP contribution in [0.2, 0.25) is 0 Å². The first-order chi connectivity index (χ1) is 5.08. The number of hydrogen-bond acceptors (Lipinski definition) is 1. The summed E-state index contributed by atoms with van der Waals surface area (Å²) in [7, 11) is 0. The molecule has 1 N–H and O–H groups in total. The lowest BCUT2D eigenvalue weighted by atomic mass is 10.1. The van der Waals surface area contributed by atoms with Crippen LogP contribution in [-0.2, 0) is 0 Å². The summed E-state index contributed by atoms with van der Waals surface area (Å²) >= 11 is 0. The van der Waals surface area contributed by atoms with Crippen LogP contribution in [0.25, 0.3) is 0 Å². The molecule has 0 bridgehead atoms. The summed E-state index contributed by atoms with van der Waals surface area (Å²) in [6.07, 6.45) is 2.39. The van der Waals surface area contributed by atoms with Crippen molar-refractivity contribution >= 4 is 0 Å². The highest BCUT2D eigenvalue weighted by atomic mass is 16.3. The predicted octanol–water partition coefficient (Wildman–Crippen LogP) is 3.08. The van der Waals surface area contributed by atoms with Crippen molar-refractivity contribution in [3.05, 3.63) is 0 Å². The molecular weight excluding hydrogens is 136 g/mol. The van der Waals surface area contributed by atoms with E-state index in [2.05, 4.69) is 27.7 Å². The maximum Gasteiger partial charge on any atom is 0.0456 e. The minimum Gasteiger partial charge on any atom is -0.396 e. The Morgan fingerprint density at radius 3 is 1.36 bits per heavy atom. The molecule has 0 amide bonds. The lowest BCUT2D eigenvalue weighted by Gasteiger charge is -1.98. The van der Waals surface area contributed by atoms with E-state index in [4.69, 9.17) is 5.11 Å². The molecule has 0 aromatic rings. The molecule has 0 spiro atoms. The van der Waals surface area contributed by atoms with E-state index >= 15 is 0 Å². The summed E-state index contributed by atoms with van der Waals surface area (Å²) in [6.45, 7) is 11.1. The van der Waals surface area contributed by atoms with Crippen molar-refractivity contribution in [2.45, 2.75) is 47.5 Å². The summed E-state index contributed by atoms with van der Waals surface area (Å²) in [5.74, 6) is 1.37. The number of aliphatic hydroxyl groups excluding tert-OH is 1. The van der Waals surface area contributed by atoms with E-state index in [-0.39, 0.29) is 0 Å². The van der Waals surface area contributed by atoms with Crippen molar-refractivity contribution in [3.8, 4) is 0 Å². The van der Waals surface area contributed by atoms with Gasteiger partial charge in [0.05, 0.1) is 0 Å². The zero-order valence-corrected chi connectivity index (χ0v) is 8.72. The van der Waals surface area contributed by atoms with Crippen LogP contribution < -0.4 is 0 Å². The topological polar surface area (TPSA) is 20.2 Å². The van der Waals surface area contributed by atoms with Gasteiger partial charge in [-0.3, -0.25) is 0 Å². The third-order valence-electron chi connectivity index (χ3n) is 1.83. The van der Waals surface area contributed by atoms with Crippen molar-refractivity contribution in [3.63, 3.8) is 0 Å². The Hall–Kier alpha value is -0.0400. The second-order valence-corrected chi connectivity index (χ2v) is 3.50. The van der Waals surface area contributed by atoms with E-state index < -0.39 is 0 Å². The molecule has 0 radical (unpaired) electrons. The average molecular weight is 160 g/mol. The SMILES string of the molecule is CCC(C)C.CCC(C)CO. The largest absolute Gasteiger partial charge is 0.396 e. The summed E-state index contributed by atoms with van der Waals surface area (Å²) < 4.78 is 0. The van der Waals surface area contributed by atoms with Crippen LogP contribution in [0.4, 0.5) is 0 Å². The van der Waals surface area contributed by atoms with Gasteiger partial charge in [0.1, 0.15) is 0 Å². The number of hydrogen-bond donors (Lipinski definition) is 1. The molecule has 0 rings (SSSR count). The lowest BCUT2D eigenvalue weighted by Crippen LogP contribution is -1.96. The van der Waals surface area contributed by atoms with Crippen molar-refractivity contribution < 1.29 is 5.11 Å². The second-order valence-electron chi connectivity index (χ2n) is 3.50. The summed E-state index contributed by atoms with van der Waals surface area (Å²) in [6, 6.07) is 0. The molecule has 0 saturated carbocycles. The molecule has 0 aliphatic rings. The first kappa shape index (κ1) is 13.5. The predicted molar refractivity (Wildman–Crippen MR) is 51.7 cm³/mol. The smallest absolute Gasteiger partial charge is 0.0456 e. The molecule has 0 fully saturated rings. The molecule has 0 aliphatic carbocycles. The van der Waals surface area contributed by atoms with Gasteiger partial charge in [0.2, 0.25) is 0 Å². The summed E-state index contributed by atoms with van der Waals surface area (Å²) in [5.41, 5.74) is 0. The minimum atomic E-state index is 0.330. The van der Waals surface area contributed by atoms with Gasteiger partial charge in [0.15, 0.2) is 0 Å². The molecule has 11 heavy (non-hydrogen) atoms. The molecule has 1 unspecified atom stereocenters. The Bertz CT molecular complexity index is 55.9. The van der Waals surface area contributed by atoms with Crippen LogP contribution in [-0.4, -0.2) is 11.7 Å². The highest BCUT2D eigenvalue weighted by Crippen LogP contribution is 1.95. The zero-order valence-electron chi connectivity index (χ0n) is 8.72. The van der Waals surface area contributed by atoms with Crippen LogP contribution in [0.5, 0.6) is 0 Å². The Labute approximate surface area is 71.8 Å². The van der Waals surface area contributed by atoms with Gasteiger partial charge in [0.25, 0.3) is 0 Å². The first-order valence-electron chi connectivity index (χ1n) is 4.69. The van der Waals surface area contributed by atoms with Gasteiger partial charge in [-0.05, 0) is 11.8 Å². The quantitative estimate of drug-likeness (QED) is 0.672. The van der Waals surface area contributed by atoms with Gasteiger partial charge in [-0.1, -0.05) is 47.5 Å². The molecule has 1 heteroatoms. The van der Waals surface area contributed by atoms with Gasteiger partial charge in [0, 0.05) is 6.61 Å². The molecule has 1 atom stereocenters. The highest BCUT2D eigenvalue weighted by Gasteiger charge is 1.90. The Morgan fingerprint density at radius 1 is 1.00 bits per heavy atom. The Balaban J connectivity index is 0. The van der Waals surface area contributed by atoms with E-state index in [0.717, 1.165) is 12.3 Å². The van der Waals surface area contributed by atoms with Gasteiger partial charge in [-0.2, -0.15) is 0 Å². The van der Waals surface area contributed by atoms with Gasteiger partial charge >= 0.3 is 0 Å². The maximum absolute atomic E-state index is 8.33. The third-order valence-corrected chi connectivity index (χ3v) is 1.83. The lowest BCUT2D eigenvalue weighted by molar-refractivity contribution is 0.234. The van der Waals surface area contributed by atoms with Crippen molar-refractivity contribution in [1.29, 1.82) is 0 Å². The first-order valence-corrected chi connectivity index (χ1v) is 4.69. The van der Waals surface area contributed by atoms with E-state index in [9.17, 15) is 0 Å². The molecule has 0 aliphatic heterocycles. The van der Waals surface area contributed by atoms with Gasteiger partial charge in [-0.25, -0.2) is 0 Å². The average Bonchev–Trinajstić information content (AvgIpc) is 2.04. The van der Waals surface area contributed by atoms with E-state index in [0.29, 0.717) is 12.5 Å². The zero-order chi connectivity index (χ0) is 9.28. The number of rotatable bonds is 3.